The highest BCUT2D eigenvalue weighted by Crippen LogP contribution is 2.38. The van der Waals surface area contributed by atoms with Crippen molar-refractivity contribution in [2.45, 2.75) is 32.2 Å². The van der Waals surface area contributed by atoms with Crippen molar-refractivity contribution in [2.75, 3.05) is 18.5 Å². The van der Waals surface area contributed by atoms with Gasteiger partial charge in [-0.25, -0.2) is 0 Å². The second-order valence-corrected chi connectivity index (χ2v) is 8.92. The number of amides is 1. The number of aromatic nitrogens is 1. The summed E-state index contributed by atoms with van der Waals surface area (Å²) in [4.78, 5) is 16.1. The Morgan fingerprint density at radius 2 is 2.10 bits per heavy atom. The Kier molecular flexibility index (Phi) is 5.13. The van der Waals surface area contributed by atoms with Crippen molar-refractivity contribution < 1.29 is 9.53 Å². The second kappa shape index (κ2) is 7.93. The van der Waals surface area contributed by atoms with Crippen LogP contribution < -0.4 is 15.4 Å². The summed E-state index contributed by atoms with van der Waals surface area (Å²) < 4.78 is 6.94. The predicted octanol–water partition coefficient (Wildman–Crippen LogP) is 5.33. The fourth-order valence-electron chi connectivity index (χ4n) is 4.37. The largest absolute Gasteiger partial charge is 0.494 e. The topological polar surface area (TPSA) is 66.2 Å². The van der Waals surface area contributed by atoms with Crippen LogP contribution in [0.15, 0.2) is 46.9 Å². The highest BCUT2D eigenvalue weighted by Gasteiger charge is 2.27. The van der Waals surface area contributed by atoms with Gasteiger partial charge in [0.1, 0.15) is 5.75 Å². The lowest BCUT2D eigenvalue weighted by Gasteiger charge is -2.11. The minimum absolute atomic E-state index is 0.0659. The molecular weight excluding hydrogens is 442 g/mol. The molecule has 5 rings (SSSR count). The third kappa shape index (κ3) is 3.66. The van der Waals surface area contributed by atoms with Crippen LogP contribution in [-0.2, 0) is 4.79 Å². The molecule has 0 spiro atoms. The van der Waals surface area contributed by atoms with E-state index in [1.165, 1.54) is 12.8 Å². The molecule has 1 saturated heterocycles. The van der Waals surface area contributed by atoms with Crippen LogP contribution in [0.25, 0.3) is 22.0 Å². The van der Waals surface area contributed by atoms with Crippen molar-refractivity contribution in [2.24, 2.45) is 0 Å². The van der Waals surface area contributed by atoms with Crippen LogP contribution in [0.1, 0.15) is 37.4 Å². The van der Waals surface area contributed by atoms with Crippen molar-refractivity contribution >= 4 is 49.6 Å². The number of hydrogen-bond donors (Lipinski definition) is 3. The SMILES string of the molecule is C/C(=C1/C(=O)Nc2ccc(Br)cc21)c1cc2cc(OCCC3CCCN3)ccc2[nH]1. The summed E-state index contributed by atoms with van der Waals surface area (Å²) in [7, 11) is 0. The van der Waals surface area contributed by atoms with Crippen molar-refractivity contribution in [3.05, 3.63) is 58.2 Å². The summed E-state index contributed by atoms with van der Waals surface area (Å²) in [5.74, 6) is 0.813. The lowest BCUT2D eigenvalue weighted by atomic mass is 10.00. The van der Waals surface area contributed by atoms with Gasteiger partial charge in [0.05, 0.1) is 12.2 Å². The summed E-state index contributed by atoms with van der Waals surface area (Å²) in [5.41, 5.74) is 5.38. The lowest BCUT2D eigenvalue weighted by molar-refractivity contribution is -0.110. The van der Waals surface area contributed by atoms with Gasteiger partial charge in [-0.15, -0.1) is 0 Å². The first-order valence-corrected chi connectivity index (χ1v) is 11.2. The average Bonchev–Trinajstić information content (AvgIpc) is 3.45. The molecule has 6 heteroatoms. The Morgan fingerprint density at radius 3 is 2.93 bits per heavy atom. The molecule has 3 heterocycles. The summed E-state index contributed by atoms with van der Waals surface area (Å²) in [5, 5.41) is 7.54. The van der Waals surface area contributed by atoms with Gasteiger partial charge in [-0.3, -0.25) is 4.79 Å². The van der Waals surface area contributed by atoms with E-state index in [1.807, 2.05) is 37.3 Å². The second-order valence-electron chi connectivity index (χ2n) is 8.01. The summed E-state index contributed by atoms with van der Waals surface area (Å²) >= 11 is 3.51. The van der Waals surface area contributed by atoms with Crippen LogP contribution in [0.3, 0.4) is 0 Å². The van der Waals surface area contributed by atoms with Crippen LogP contribution in [-0.4, -0.2) is 30.1 Å². The number of ether oxygens (including phenoxy) is 1. The number of halogens is 1. The first-order valence-electron chi connectivity index (χ1n) is 10.4. The molecule has 0 bridgehead atoms. The van der Waals surface area contributed by atoms with Gasteiger partial charge in [-0.1, -0.05) is 15.9 Å². The number of carbonyl (C=O) groups excluding carboxylic acids is 1. The van der Waals surface area contributed by atoms with Crippen LogP contribution in [0.4, 0.5) is 5.69 Å². The molecule has 30 heavy (non-hydrogen) atoms. The van der Waals surface area contributed by atoms with Crippen LogP contribution in [0, 0.1) is 0 Å². The van der Waals surface area contributed by atoms with Crippen molar-refractivity contribution in [1.29, 1.82) is 0 Å². The van der Waals surface area contributed by atoms with Crippen LogP contribution in [0.2, 0.25) is 0 Å². The van der Waals surface area contributed by atoms with Crippen molar-refractivity contribution in [1.82, 2.24) is 10.3 Å². The molecule has 3 N–H and O–H groups in total. The Morgan fingerprint density at radius 1 is 1.20 bits per heavy atom. The molecule has 0 radical (unpaired) electrons. The molecule has 5 nitrogen and oxygen atoms in total. The number of nitrogens with one attached hydrogen (secondary N) is 3. The van der Waals surface area contributed by atoms with E-state index < -0.39 is 0 Å². The zero-order chi connectivity index (χ0) is 20.7. The number of anilines is 1. The molecule has 2 aliphatic heterocycles. The predicted molar refractivity (Wildman–Crippen MR) is 125 cm³/mol. The van der Waals surface area contributed by atoms with E-state index in [0.717, 1.165) is 63.2 Å². The molecule has 3 aromatic rings. The van der Waals surface area contributed by atoms with Crippen LogP contribution in [0.5, 0.6) is 5.75 Å². The molecule has 2 aliphatic rings. The Balaban J connectivity index is 1.40. The maximum absolute atomic E-state index is 12.6. The number of benzene rings is 2. The highest BCUT2D eigenvalue weighted by molar-refractivity contribution is 9.10. The average molecular weight is 466 g/mol. The van der Waals surface area contributed by atoms with Crippen molar-refractivity contribution in [3.8, 4) is 5.75 Å². The number of carbonyl (C=O) groups is 1. The van der Waals surface area contributed by atoms with E-state index in [2.05, 4.69) is 43.7 Å². The van der Waals surface area contributed by atoms with Gasteiger partial charge in [0, 0.05) is 38.4 Å². The third-order valence-electron chi connectivity index (χ3n) is 5.99. The van der Waals surface area contributed by atoms with Gasteiger partial charge in [-0.2, -0.15) is 0 Å². The fourth-order valence-corrected chi connectivity index (χ4v) is 4.73. The summed E-state index contributed by atoms with van der Waals surface area (Å²) in [6.45, 7) is 3.83. The summed E-state index contributed by atoms with van der Waals surface area (Å²) in [6, 6.07) is 14.6. The zero-order valence-electron chi connectivity index (χ0n) is 16.8. The monoisotopic (exact) mass is 465 g/mol. The van der Waals surface area contributed by atoms with Gasteiger partial charge < -0.3 is 20.4 Å². The van der Waals surface area contributed by atoms with E-state index in [4.69, 9.17) is 4.74 Å². The lowest BCUT2D eigenvalue weighted by Crippen LogP contribution is -2.23. The minimum atomic E-state index is -0.0659. The molecule has 1 amide bonds. The van der Waals surface area contributed by atoms with Crippen LogP contribution >= 0.6 is 15.9 Å². The highest BCUT2D eigenvalue weighted by atomic mass is 79.9. The molecular formula is C24H24BrN3O2. The molecule has 2 aromatic carbocycles. The number of allylic oxidation sites excluding steroid dienone is 1. The standard InChI is InChI=1S/C24H24BrN3O2/c1-14(23-19-13-16(25)4-6-21(19)28-24(23)29)22-12-15-11-18(5-7-20(15)27-22)30-10-8-17-3-2-9-26-17/h4-7,11-13,17,26-27H,2-3,8-10H2,1H3,(H,28,29)/b23-14-. The molecule has 0 saturated carbocycles. The first kappa shape index (κ1) is 19.4. The van der Waals surface area contributed by atoms with Gasteiger partial charge in [0.2, 0.25) is 0 Å². The number of fused-ring (bicyclic) bond motifs is 2. The normalized spacial score (nSPS) is 19.8. The molecule has 154 valence electrons. The molecule has 1 unspecified atom stereocenters. The number of aromatic amines is 1. The van der Waals surface area contributed by atoms with E-state index in [1.54, 1.807) is 0 Å². The number of hydrogen-bond acceptors (Lipinski definition) is 3. The van der Waals surface area contributed by atoms with E-state index in [9.17, 15) is 4.79 Å². The van der Waals surface area contributed by atoms with Crippen molar-refractivity contribution in [3.63, 3.8) is 0 Å². The van der Waals surface area contributed by atoms with Gasteiger partial charge in [-0.05, 0) is 80.8 Å². The quantitative estimate of drug-likeness (QED) is 0.445. The molecule has 1 aromatic heterocycles. The van der Waals surface area contributed by atoms with E-state index in [0.29, 0.717) is 11.6 Å². The maximum atomic E-state index is 12.6. The molecule has 0 aliphatic carbocycles. The smallest absolute Gasteiger partial charge is 0.256 e. The third-order valence-corrected chi connectivity index (χ3v) is 6.49. The van der Waals surface area contributed by atoms with E-state index >= 15 is 0 Å². The minimum Gasteiger partial charge on any atom is -0.494 e. The van der Waals surface area contributed by atoms with Gasteiger partial charge >= 0.3 is 0 Å². The Hall–Kier alpha value is -2.57. The summed E-state index contributed by atoms with van der Waals surface area (Å²) in [6.07, 6.45) is 3.54. The maximum Gasteiger partial charge on any atom is 0.256 e. The Labute approximate surface area is 184 Å². The number of rotatable bonds is 5. The van der Waals surface area contributed by atoms with Gasteiger partial charge in [0.15, 0.2) is 0 Å². The molecule has 1 fully saturated rings. The zero-order valence-corrected chi connectivity index (χ0v) is 18.4. The van der Waals surface area contributed by atoms with Gasteiger partial charge in [0.25, 0.3) is 5.91 Å². The molecule has 1 atom stereocenters. The Bertz CT molecular complexity index is 1160. The van der Waals surface area contributed by atoms with E-state index in [-0.39, 0.29) is 5.91 Å². The number of H-pyrrole nitrogens is 1. The fraction of sp³-hybridized carbons (Fsp3) is 0.292. The first-order chi connectivity index (χ1) is 14.6.